The summed E-state index contributed by atoms with van der Waals surface area (Å²) in [5, 5.41) is 4.32. The fourth-order valence-electron chi connectivity index (χ4n) is 3.69. The minimum absolute atomic E-state index is 0.0128. The van der Waals surface area contributed by atoms with Gasteiger partial charge < -0.3 is 4.98 Å². The first-order valence-electron chi connectivity index (χ1n) is 8.86. The number of sulfonamides is 1. The molecular formula is C17H21N5O4S2. The van der Waals surface area contributed by atoms with Gasteiger partial charge in [0.05, 0.1) is 46.5 Å². The number of aromatic nitrogens is 4. The van der Waals surface area contributed by atoms with E-state index in [-0.39, 0.29) is 29.0 Å². The van der Waals surface area contributed by atoms with Gasteiger partial charge in [0.25, 0.3) is 0 Å². The minimum atomic E-state index is -3.84. The average Bonchev–Trinajstić information content (AvgIpc) is 3.28. The first kappa shape index (κ1) is 19.1. The molecule has 0 spiro atoms. The molecule has 150 valence electrons. The molecule has 0 aliphatic carbocycles. The number of para-hydroxylation sites is 2. The third-order valence-electron chi connectivity index (χ3n) is 4.95. The van der Waals surface area contributed by atoms with E-state index >= 15 is 0 Å². The first-order valence-corrected chi connectivity index (χ1v) is 12.2. The van der Waals surface area contributed by atoms with Crippen LogP contribution in [-0.2, 0) is 26.4 Å². The van der Waals surface area contributed by atoms with E-state index in [9.17, 15) is 16.8 Å². The van der Waals surface area contributed by atoms with E-state index in [2.05, 4.69) is 19.8 Å². The molecule has 0 amide bonds. The van der Waals surface area contributed by atoms with Crippen molar-refractivity contribution >= 4 is 30.9 Å². The number of hydrogen-bond donors (Lipinski definition) is 2. The van der Waals surface area contributed by atoms with Crippen LogP contribution in [0.4, 0.5) is 0 Å². The van der Waals surface area contributed by atoms with Crippen LogP contribution in [-0.4, -0.2) is 48.1 Å². The Morgan fingerprint density at radius 1 is 1.29 bits per heavy atom. The van der Waals surface area contributed by atoms with Crippen LogP contribution in [0.1, 0.15) is 29.7 Å². The summed E-state index contributed by atoms with van der Waals surface area (Å²) in [6.07, 6.45) is 0.441. The largest absolute Gasteiger partial charge is 0.341 e. The van der Waals surface area contributed by atoms with Crippen LogP contribution >= 0.6 is 0 Å². The molecule has 3 heterocycles. The number of rotatable bonds is 5. The molecule has 4 rings (SSSR count). The molecular weight excluding hydrogens is 402 g/mol. The quantitative estimate of drug-likeness (QED) is 0.635. The lowest BCUT2D eigenvalue weighted by Crippen LogP contribution is -2.25. The third kappa shape index (κ3) is 3.45. The smallest absolute Gasteiger partial charge is 0.244 e. The normalized spacial score (nSPS) is 19.4. The number of sulfone groups is 1. The van der Waals surface area contributed by atoms with Crippen molar-refractivity contribution < 1.29 is 16.8 Å². The molecule has 28 heavy (non-hydrogen) atoms. The molecule has 11 heteroatoms. The van der Waals surface area contributed by atoms with Gasteiger partial charge in [0.15, 0.2) is 9.84 Å². The SMILES string of the molecule is Cc1nn([C@@H]2CCS(=O)(=O)C2)c(C)c1S(=O)(=O)NCc1nc2ccccc2[nH]1. The van der Waals surface area contributed by atoms with E-state index in [0.29, 0.717) is 23.6 Å². The molecule has 1 fully saturated rings. The summed E-state index contributed by atoms with van der Waals surface area (Å²) in [6.45, 7) is 3.28. The fraction of sp³-hybridized carbons (Fsp3) is 0.412. The Kier molecular flexibility index (Phi) is 4.55. The monoisotopic (exact) mass is 423 g/mol. The summed E-state index contributed by atoms with van der Waals surface area (Å²) in [6, 6.07) is 7.12. The summed E-state index contributed by atoms with van der Waals surface area (Å²) < 4.78 is 53.4. The van der Waals surface area contributed by atoms with Crippen LogP contribution in [0.5, 0.6) is 0 Å². The molecule has 0 radical (unpaired) electrons. The fourth-order valence-corrected chi connectivity index (χ4v) is 6.76. The zero-order valence-electron chi connectivity index (χ0n) is 15.5. The molecule has 0 saturated carbocycles. The van der Waals surface area contributed by atoms with Crippen molar-refractivity contribution in [2.75, 3.05) is 11.5 Å². The predicted molar refractivity (Wildman–Crippen MR) is 104 cm³/mol. The number of fused-ring (bicyclic) bond motifs is 1. The van der Waals surface area contributed by atoms with Gasteiger partial charge in [-0.25, -0.2) is 26.5 Å². The summed E-state index contributed by atoms with van der Waals surface area (Å²) in [5.74, 6) is 0.595. The van der Waals surface area contributed by atoms with Gasteiger partial charge in [-0.15, -0.1) is 0 Å². The number of nitrogens with zero attached hydrogens (tertiary/aromatic N) is 3. The second-order valence-corrected chi connectivity index (χ2v) is 11.0. The van der Waals surface area contributed by atoms with Crippen LogP contribution in [0, 0.1) is 13.8 Å². The Labute approximate surface area is 163 Å². The van der Waals surface area contributed by atoms with Gasteiger partial charge in [0, 0.05) is 0 Å². The zero-order chi connectivity index (χ0) is 20.1. The maximum Gasteiger partial charge on any atom is 0.244 e. The first-order chi connectivity index (χ1) is 13.2. The van der Waals surface area contributed by atoms with Crippen molar-refractivity contribution in [3.05, 3.63) is 41.5 Å². The number of aromatic amines is 1. The van der Waals surface area contributed by atoms with E-state index in [1.165, 1.54) is 4.68 Å². The maximum absolute atomic E-state index is 12.9. The molecule has 0 bridgehead atoms. The topological polar surface area (TPSA) is 127 Å². The van der Waals surface area contributed by atoms with Crippen LogP contribution < -0.4 is 4.72 Å². The van der Waals surface area contributed by atoms with Gasteiger partial charge >= 0.3 is 0 Å². The lowest BCUT2D eigenvalue weighted by molar-refractivity contribution is 0.484. The van der Waals surface area contributed by atoms with Gasteiger partial charge in [-0.3, -0.25) is 4.68 Å². The van der Waals surface area contributed by atoms with Crippen LogP contribution in [0.2, 0.25) is 0 Å². The highest BCUT2D eigenvalue weighted by atomic mass is 32.2. The van der Waals surface area contributed by atoms with Crippen molar-refractivity contribution in [3.8, 4) is 0 Å². The number of imidazole rings is 1. The Bertz CT molecular complexity index is 1220. The van der Waals surface area contributed by atoms with E-state index in [4.69, 9.17) is 0 Å². The molecule has 1 saturated heterocycles. The maximum atomic E-state index is 12.9. The van der Waals surface area contributed by atoms with Crippen LogP contribution in [0.25, 0.3) is 11.0 Å². The predicted octanol–water partition coefficient (Wildman–Crippen LogP) is 1.21. The lowest BCUT2D eigenvalue weighted by Gasteiger charge is -2.11. The lowest BCUT2D eigenvalue weighted by atomic mass is 10.2. The van der Waals surface area contributed by atoms with Gasteiger partial charge in [-0.1, -0.05) is 12.1 Å². The highest BCUT2D eigenvalue weighted by Gasteiger charge is 2.33. The van der Waals surface area contributed by atoms with Gasteiger partial charge in [-0.2, -0.15) is 5.10 Å². The van der Waals surface area contributed by atoms with Gasteiger partial charge in [0.2, 0.25) is 10.0 Å². The molecule has 1 aliphatic heterocycles. The molecule has 2 aromatic heterocycles. The van der Waals surface area contributed by atoms with E-state index in [1.54, 1.807) is 13.8 Å². The Morgan fingerprint density at radius 3 is 2.71 bits per heavy atom. The third-order valence-corrected chi connectivity index (χ3v) is 8.35. The molecule has 0 unspecified atom stereocenters. The van der Waals surface area contributed by atoms with Crippen LogP contribution in [0.3, 0.4) is 0 Å². The highest BCUT2D eigenvalue weighted by molar-refractivity contribution is 7.91. The molecule has 1 aromatic carbocycles. The second-order valence-electron chi connectivity index (χ2n) is 7.03. The van der Waals surface area contributed by atoms with Crippen molar-refractivity contribution in [3.63, 3.8) is 0 Å². The Balaban J connectivity index is 1.59. The summed E-state index contributed by atoms with van der Waals surface area (Å²) in [7, 11) is -6.93. The number of H-pyrrole nitrogens is 1. The Morgan fingerprint density at radius 2 is 2.04 bits per heavy atom. The summed E-state index contributed by atoms with van der Waals surface area (Å²) in [5.41, 5.74) is 2.38. The number of hydrogen-bond acceptors (Lipinski definition) is 6. The standard InChI is InChI=1S/C17H21N5O4S2/c1-11-17(12(2)22(21-11)13-7-8-27(23,24)10-13)28(25,26)18-9-16-19-14-5-3-4-6-15(14)20-16/h3-6,13,18H,7-10H2,1-2H3,(H,19,20)/t13-/m1/s1. The van der Waals surface area contributed by atoms with Crippen LogP contribution in [0.15, 0.2) is 29.2 Å². The second kappa shape index (κ2) is 6.68. The zero-order valence-corrected chi connectivity index (χ0v) is 17.1. The van der Waals surface area contributed by atoms with E-state index in [0.717, 1.165) is 11.0 Å². The summed E-state index contributed by atoms with van der Waals surface area (Å²) in [4.78, 5) is 7.54. The van der Waals surface area contributed by atoms with Crippen molar-refractivity contribution in [1.82, 2.24) is 24.5 Å². The molecule has 3 aromatic rings. The van der Waals surface area contributed by atoms with Crippen molar-refractivity contribution in [2.24, 2.45) is 0 Å². The molecule has 1 aliphatic rings. The number of aryl methyl sites for hydroxylation is 1. The van der Waals surface area contributed by atoms with E-state index in [1.807, 2.05) is 24.3 Å². The average molecular weight is 424 g/mol. The molecule has 9 nitrogen and oxygen atoms in total. The summed E-state index contributed by atoms with van der Waals surface area (Å²) >= 11 is 0. The molecule has 1 atom stereocenters. The van der Waals surface area contributed by atoms with Crippen molar-refractivity contribution in [2.45, 2.75) is 37.8 Å². The Hall–Kier alpha value is -2.24. The van der Waals surface area contributed by atoms with Crippen molar-refractivity contribution in [1.29, 1.82) is 0 Å². The molecule has 2 N–H and O–H groups in total. The minimum Gasteiger partial charge on any atom is -0.341 e. The number of benzene rings is 1. The van der Waals surface area contributed by atoms with Gasteiger partial charge in [-0.05, 0) is 32.4 Å². The highest BCUT2D eigenvalue weighted by Crippen LogP contribution is 2.28. The van der Waals surface area contributed by atoms with Gasteiger partial charge in [0.1, 0.15) is 10.7 Å². The number of nitrogens with one attached hydrogen (secondary N) is 2. The van der Waals surface area contributed by atoms with E-state index < -0.39 is 19.9 Å².